The molecular weight excluding hydrogens is 307 g/mol. The molecule has 0 aliphatic carbocycles. The van der Waals surface area contributed by atoms with Crippen molar-refractivity contribution >= 4 is 34.8 Å². The molecule has 1 saturated heterocycles. The van der Waals surface area contributed by atoms with Crippen LogP contribution in [-0.4, -0.2) is 36.1 Å². The van der Waals surface area contributed by atoms with Crippen molar-refractivity contribution in [3.63, 3.8) is 0 Å². The monoisotopic (exact) mass is 322 g/mol. The van der Waals surface area contributed by atoms with E-state index in [9.17, 15) is 0 Å². The van der Waals surface area contributed by atoms with Crippen LogP contribution in [0.4, 0.5) is 11.6 Å². The zero-order valence-electron chi connectivity index (χ0n) is 11.8. The Bertz CT molecular complexity index is 639. The van der Waals surface area contributed by atoms with E-state index in [0.29, 0.717) is 10.0 Å². The first-order chi connectivity index (χ1) is 10.1. The molecule has 2 aromatic rings. The Balaban J connectivity index is 1.70. The van der Waals surface area contributed by atoms with Crippen LogP contribution in [0.5, 0.6) is 0 Å². The number of pyridine rings is 2. The summed E-state index contributed by atoms with van der Waals surface area (Å²) in [5.41, 5.74) is 1.04. The zero-order valence-corrected chi connectivity index (χ0v) is 13.3. The number of aromatic nitrogens is 2. The zero-order chi connectivity index (χ0) is 14.8. The van der Waals surface area contributed by atoms with Gasteiger partial charge in [0.2, 0.25) is 0 Å². The van der Waals surface area contributed by atoms with Crippen molar-refractivity contribution < 1.29 is 0 Å². The lowest BCUT2D eigenvalue weighted by molar-refractivity contribution is 0.641. The van der Waals surface area contributed by atoms with Gasteiger partial charge in [0.1, 0.15) is 11.6 Å². The summed E-state index contributed by atoms with van der Waals surface area (Å²) in [6.45, 7) is 5.54. The molecule has 0 atom stereocenters. The van der Waals surface area contributed by atoms with Crippen molar-refractivity contribution in [2.24, 2.45) is 0 Å². The van der Waals surface area contributed by atoms with Gasteiger partial charge in [-0.3, -0.25) is 0 Å². The molecule has 3 heterocycles. The van der Waals surface area contributed by atoms with Crippen LogP contribution in [0.1, 0.15) is 5.69 Å². The van der Waals surface area contributed by atoms with E-state index >= 15 is 0 Å². The minimum atomic E-state index is 0.561. The normalized spacial score (nSPS) is 15.4. The second-order valence-corrected chi connectivity index (χ2v) is 5.91. The third-order valence-corrected chi connectivity index (χ3v) is 4.05. The molecule has 0 spiro atoms. The van der Waals surface area contributed by atoms with Crippen LogP contribution >= 0.6 is 23.2 Å². The van der Waals surface area contributed by atoms with Gasteiger partial charge in [-0.25, -0.2) is 9.97 Å². The predicted octanol–water partition coefficient (Wildman–Crippen LogP) is 3.42. The molecule has 0 bridgehead atoms. The van der Waals surface area contributed by atoms with Gasteiger partial charge in [0.05, 0.1) is 10.0 Å². The first kappa shape index (κ1) is 14.4. The average molecular weight is 323 g/mol. The Hall–Kier alpha value is -1.52. The SMILES string of the molecule is Cc1cccc(N2CCN(c3ncc(Cl)cc3Cl)CC2)n1. The van der Waals surface area contributed by atoms with Crippen LogP contribution < -0.4 is 9.80 Å². The number of hydrogen-bond donors (Lipinski definition) is 0. The first-order valence-corrected chi connectivity index (χ1v) is 7.64. The van der Waals surface area contributed by atoms with Crippen LogP contribution in [0.2, 0.25) is 10.0 Å². The summed E-state index contributed by atoms with van der Waals surface area (Å²) in [4.78, 5) is 13.4. The third kappa shape index (κ3) is 3.22. The number of rotatable bonds is 2. The molecule has 0 radical (unpaired) electrons. The lowest BCUT2D eigenvalue weighted by Crippen LogP contribution is -2.47. The van der Waals surface area contributed by atoms with Crippen LogP contribution in [0.3, 0.4) is 0 Å². The lowest BCUT2D eigenvalue weighted by atomic mass is 10.3. The number of piperazine rings is 1. The molecule has 1 aliphatic rings. The number of hydrogen-bond acceptors (Lipinski definition) is 4. The van der Waals surface area contributed by atoms with Crippen molar-refractivity contribution in [2.75, 3.05) is 36.0 Å². The Morgan fingerprint density at radius 2 is 1.76 bits per heavy atom. The van der Waals surface area contributed by atoms with Crippen molar-refractivity contribution in [3.8, 4) is 0 Å². The molecule has 6 heteroatoms. The Labute approximate surface area is 134 Å². The summed E-state index contributed by atoms with van der Waals surface area (Å²) in [7, 11) is 0. The van der Waals surface area contributed by atoms with Gasteiger partial charge >= 0.3 is 0 Å². The number of nitrogens with zero attached hydrogens (tertiary/aromatic N) is 4. The maximum absolute atomic E-state index is 6.22. The molecule has 0 aromatic carbocycles. The molecule has 1 aliphatic heterocycles. The van der Waals surface area contributed by atoms with Gasteiger partial charge in [0.15, 0.2) is 0 Å². The predicted molar refractivity (Wildman–Crippen MR) is 87.7 cm³/mol. The molecule has 0 N–H and O–H groups in total. The Kier molecular flexibility index (Phi) is 4.17. The topological polar surface area (TPSA) is 32.3 Å². The standard InChI is InChI=1S/C15H16Cl2N4/c1-11-3-2-4-14(19-11)20-5-7-21(8-6-20)15-13(17)9-12(16)10-18-15/h2-4,9-10H,5-8H2,1H3. The Morgan fingerprint density at radius 3 is 2.43 bits per heavy atom. The lowest BCUT2D eigenvalue weighted by Gasteiger charge is -2.36. The van der Waals surface area contributed by atoms with E-state index in [0.717, 1.165) is 43.5 Å². The summed E-state index contributed by atoms with van der Waals surface area (Å²) in [5.74, 6) is 1.84. The van der Waals surface area contributed by atoms with Crippen LogP contribution in [0.15, 0.2) is 30.5 Å². The fourth-order valence-corrected chi connectivity index (χ4v) is 2.99. The summed E-state index contributed by atoms with van der Waals surface area (Å²) in [5, 5.41) is 1.16. The molecular formula is C15H16Cl2N4. The van der Waals surface area contributed by atoms with Gasteiger partial charge < -0.3 is 9.80 Å². The Morgan fingerprint density at radius 1 is 1.05 bits per heavy atom. The molecule has 1 fully saturated rings. The second-order valence-electron chi connectivity index (χ2n) is 5.07. The van der Waals surface area contributed by atoms with Gasteiger partial charge in [-0.05, 0) is 25.1 Å². The highest BCUT2D eigenvalue weighted by Gasteiger charge is 2.20. The number of anilines is 2. The summed E-state index contributed by atoms with van der Waals surface area (Å²) in [6.07, 6.45) is 1.64. The molecule has 21 heavy (non-hydrogen) atoms. The van der Waals surface area contributed by atoms with Crippen LogP contribution in [0, 0.1) is 6.92 Å². The molecule has 3 rings (SSSR count). The minimum Gasteiger partial charge on any atom is -0.353 e. The highest BCUT2D eigenvalue weighted by molar-refractivity contribution is 6.36. The van der Waals surface area contributed by atoms with Crippen molar-refractivity contribution in [1.29, 1.82) is 0 Å². The maximum atomic E-state index is 6.22. The molecule has 0 saturated carbocycles. The van der Waals surface area contributed by atoms with Gasteiger partial charge in [0, 0.05) is 38.1 Å². The van der Waals surface area contributed by atoms with E-state index in [2.05, 4.69) is 25.8 Å². The van der Waals surface area contributed by atoms with Crippen molar-refractivity contribution in [3.05, 3.63) is 46.2 Å². The first-order valence-electron chi connectivity index (χ1n) is 6.88. The summed E-state index contributed by atoms with van der Waals surface area (Å²) in [6, 6.07) is 7.84. The molecule has 0 amide bonds. The molecule has 110 valence electrons. The molecule has 2 aromatic heterocycles. The van der Waals surface area contributed by atoms with Gasteiger partial charge in [-0.2, -0.15) is 0 Å². The van der Waals surface area contributed by atoms with Crippen LogP contribution in [-0.2, 0) is 0 Å². The fraction of sp³-hybridized carbons (Fsp3) is 0.333. The highest BCUT2D eigenvalue weighted by atomic mass is 35.5. The summed E-state index contributed by atoms with van der Waals surface area (Å²) >= 11 is 12.1. The number of aryl methyl sites for hydroxylation is 1. The van der Waals surface area contributed by atoms with Gasteiger partial charge in [-0.15, -0.1) is 0 Å². The molecule has 4 nitrogen and oxygen atoms in total. The quantitative estimate of drug-likeness (QED) is 0.848. The van der Waals surface area contributed by atoms with Gasteiger partial charge in [0.25, 0.3) is 0 Å². The van der Waals surface area contributed by atoms with E-state index in [-0.39, 0.29) is 0 Å². The van der Waals surface area contributed by atoms with E-state index in [1.807, 2.05) is 19.1 Å². The minimum absolute atomic E-state index is 0.561. The van der Waals surface area contributed by atoms with E-state index in [1.54, 1.807) is 12.3 Å². The molecule has 0 unspecified atom stereocenters. The maximum Gasteiger partial charge on any atom is 0.147 e. The average Bonchev–Trinajstić information content (AvgIpc) is 2.47. The summed E-state index contributed by atoms with van der Waals surface area (Å²) < 4.78 is 0. The van der Waals surface area contributed by atoms with E-state index < -0.39 is 0 Å². The van der Waals surface area contributed by atoms with Crippen molar-refractivity contribution in [1.82, 2.24) is 9.97 Å². The number of halogens is 2. The third-order valence-electron chi connectivity index (χ3n) is 3.57. The second kappa shape index (κ2) is 6.08. The van der Waals surface area contributed by atoms with Gasteiger partial charge in [-0.1, -0.05) is 29.3 Å². The highest BCUT2D eigenvalue weighted by Crippen LogP contribution is 2.27. The largest absolute Gasteiger partial charge is 0.353 e. The van der Waals surface area contributed by atoms with E-state index in [1.165, 1.54) is 0 Å². The van der Waals surface area contributed by atoms with E-state index in [4.69, 9.17) is 23.2 Å². The smallest absolute Gasteiger partial charge is 0.147 e. The van der Waals surface area contributed by atoms with Crippen LogP contribution in [0.25, 0.3) is 0 Å². The van der Waals surface area contributed by atoms with Crippen molar-refractivity contribution in [2.45, 2.75) is 6.92 Å². The fourth-order valence-electron chi connectivity index (χ4n) is 2.49.